The quantitative estimate of drug-likeness (QED) is 0.488. The monoisotopic (exact) mass is 604 g/mol. The first kappa shape index (κ1) is 29.7. The molecule has 4 aliphatic heterocycles. The summed E-state index contributed by atoms with van der Waals surface area (Å²) < 4.78 is 6.76. The van der Waals surface area contributed by atoms with E-state index in [1.807, 2.05) is 62.5 Å². The first-order chi connectivity index (χ1) is 20.5. The van der Waals surface area contributed by atoms with Crippen molar-refractivity contribution in [2.75, 3.05) is 30.1 Å². The molecule has 4 heterocycles. The molecule has 11 heteroatoms. The number of carbonyl (C=O) groups excluding carboxylic acids is 3. The van der Waals surface area contributed by atoms with Crippen molar-refractivity contribution in [2.45, 2.75) is 75.4 Å². The number of benzene rings is 2. The van der Waals surface area contributed by atoms with Crippen molar-refractivity contribution in [3.05, 3.63) is 59.7 Å². The molecule has 0 saturated carbocycles. The second kappa shape index (κ2) is 11.0. The van der Waals surface area contributed by atoms with E-state index >= 15 is 0 Å². The van der Waals surface area contributed by atoms with Crippen LogP contribution in [0.3, 0.4) is 0 Å². The lowest BCUT2D eigenvalue weighted by molar-refractivity contribution is -0.149. The van der Waals surface area contributed by atoms with E-state index in [0.717, 1.165) is 24.1 Å². The molecule has 10 nitrogen and oxygen atoms in total. The topological polar surface area (TPSA) is 123 Å². The molecule has 0 radical (unpaired) electrons. The van der Waals surface area contributed by atoms with Gasteiger partial charge in [-0.05, 0) is 49.7 Å². The fourth-order valence-corrected chi connectivity index (χ4v) is 10.3. The summed E-state index contributed by atoms with van der Waals surface area (Å²) >= 11 is 0. The number of hydrogen-bond donors (Lipinski definition) is 2. The minimum atomic E-state index is -2.95. The summed E-state index contributed by atoms with van der Waals surface area (Å²) in [6, 6.07) is 15.0. The Morgan fingerprint density at radius 3 is 2.58 bits per heavy atom. The fourth-order valence-electron chi connectivity index (χ4n) is 7.74. The third kappa shape index (κ3) is 4.82. The Bertz CT molecular complexity index is 1480. The van der Waals surface area contributed by atoms with E-state index in [9.17, 15) is 24.3 Å². The molecule has 6 rings (SSSR count). The van der Waals surface area contributed by atoms with Gasteiger partial charge in [-0.1, -0.05) is 37.3 Å². The smallest absolute Gasteiger partial charge is 0.264 e. The SMILES string of the molecule is C[C@@H]1[C@@H]([Si](C)(C)O)[C@H](CC(=O)N2CCC[C@H]2CO)O[C@@]12C(=O)N(C)c1ccc(N3N=C(c4ccccc4)CCC3=O)cc12. The number of ether oxygens (including phenoxy) is 1. The van der Waals surface area contributed by atoms with Crippen LogP contribution < -0.4 is 9.91 Å². The van der Waals surface area contributed by atoms with Gasteiger partial charge in [0, 0.05) is 43.5 Å². The summed E-state index contributed by atoms with van der Waals surface area (Å²) in [4.78, 5) is 55.6. The number of rotatable bonds is 6. The van der Waals surface area contributed by atoms with Crippen LogP contribution in [0.5, 0.6) is 0 Å². The lowest BCUT2D eigenvalue weighted by atomic mass is 9.82. The lowest BCUT2D eigenvalue weighted by Gasteiger charge is -2.33. The Hall–Kier alpha value is -3.38. The normalized spacial score (nSPS) is 29.1. The van der Waals surface area contributed by atoms with Crippen molar-refractivity contribution in [2.24, 2.45) is 11.0 Å². The van der Waals surface area contributed by atoms with Gasteiger partial charge in [0.05, 0.1) is 42.3 Å². The minimum Gasteiger partial charge on any atom is -0.432 e. The van der Waals surface area contributed by atoms with Gasteiger partial charge in [-0.3, -0.25) is 14.4 Å². The highest BCUT2D eigenvalue weighted by molar-refractivity contribution is 6.71. The van der Waals surface area contributed by atoms with Crippen LogP contribution in [0.15, 0.2) is 53.6 Å². The maximum atomic E-state index is 14.1. The highest BCUT2D eigenvalue weighted by atomic mass is 28.4. The third-order valence-electron chi connectivity index (χ3n) is 9.77. The molecule has 2 aromatic rings. The molecular weight excluding hydrogens is 564 g/mol. The van der Waals surface area contributed by atoms with Crippen LogP contribution >= 0.6 is 0 Å². The van der Waals surface area contributed by atoms with Crippen LogP contribution in [0.1, 0.15) is 50.2 Å². The van der Waals surface area contributed by atoms with Gasteiger partial charge in [-0.25, -0.2) is 5.01 Å². The molecule has 0 aliphatic carbocycles. The predicted molar refractivity (Wildman–Crippen MR) is 165 cm³/mol. The molecule has 0 aromatic heterocycles. The first-order valence-corrected chi connectivity index (χ1v) is 18.2. The zero-order chi connectivity index (χ0) is 30.7. The predicted octanol–water partition coefficient (Wildman–Crippen LogP) is 3.37. The Kier molecular flexibility index (Phi) is 7.56. The van der Waals surface area contributed by atoms with Gasteiger partial charge in [0.2, 0.25) is 11.8 Å². The summed E-state index contributed by atoms with van der Waals surface area (Å²) in [5.74, 6) is -0.959. The van der Waals surface area contributed by atoms with Crippen LogP contribution in [0.4, 0.5) is 11.4 Å². The van der Waals surface area contributed by atoms with Gasteiger partial charge < -0.3 is 24.4 Å². The largest absolute Gasteiger partial charge is 0.432 e. The van der Waals surface area contributed by atoms with Gasteiger partial charge in [0.15, 0.2) is 13.9 Å². The molecule has 0 bridgehead atoms. The number of carbonyl (C=O) groups is 3. The van der Waals surface area contributed by atoms with Crippen molar-refractivity contribution < 1.29 is 29.0 Å². The van der Waals surface area contributed by atoms with Gasteiger partial charge >= 0.3 is 0 Å². The number of nitrogens with zero attached hydrogens (tertiary/aromatic N) is 4. The summed E-state index contributed by atoms with van der Waals surface area (Å²) in [7, 11) is -1.25. The van der Waals surface area contributed by atoms with Crippen molar-refractivity contribution in [1.82, 2.24) is 4.90 Å². The fraction of sp³-hybridized carbons (Fsp3) is 0.500. The number of likely N-dealkylation sites (tertiary alicyclic amines) is 1. The molecule has 2 aromatic carbocycles. The maximum absolute atomic E-state index is 14.1. The lowest BCUT2D eigenvalue weighted by Crippen LogP contribution is -2.45. The van der Waals surface area contributed by atoms with Gasteiger partial charge in [0.25, 0.3) is 5.91 Å². The minimum absolute atomic E-state index is 0.0194. The number of fused-ring (bicyclic) bond motifs is 2. The second-order valence-corrected chi connectivity index (χ2v) is 16.8. The number of amides is 3. The van der Waals surface area contributed by atoms with Gasteiger partial charge in [-0.15, -0.1) is 0 Å². The molecule has 1 spiro atoms. The first-order valence-electron chi connectivity index (χ1n) is 15.2. The molecule has 228 valence electrons. The van der Waals surface area contributed by atoms with Crippen molar-refractivity contribution in [3.63, 3.8) is 0 Å². The number of hydrazone groups is 1. The maximum Gasteiger partial charge on any atom is 0.264 e. The molecule has 4 aliphatic rings. The molecule has 5 atom stereocenters. The Morgan fingerprint density at radius 1 is 1.14 bits per heavy atom. The van der Waals surface area contributed by atoms with Crippen LogP contribution in [-0.2, 0) is 24.7 Å². The molecule has 3 amide bonds. The van der Waals surface area contributed by atoms with Crippen molar-refractivity contribution in [1.29, 1.82) is 0 Å². The summed E-state index contributed by atoms with van der Waals surface area (Å²) in [5.41, 5.74) is 1.76. The summed E-state index contributed by atoms with van der Waals surface area (Å²) in [6.45, 7) is 6.06. The molecule has 2 fully saturated rings. The zero-order valence-corrected chi connectivity index (χ0v) is 26.2. The number of anilines is 2. The average Bonchev–Trinajstić information content (AvgIpc) is 3.64. The van der Waals surface area contributed by atoms with Crippen LogP contribution in [0, 0.1) is 5.92 Å². The van der Waals surface area contributed by atoms with E-state index in [4.69, 9.17) is 9.84 Å². The molecule has 2 N–H and O–H groups in total. The number of aliphatic hydroxyl groups excluding tert-OH is 1. The molecule has 43 heavy (non-hydrogen) atoms. The van der Waals surface area contributed by atoms with Crippen molar-refractivity contribution >= 4 is 43.1 Å². The number of hydrogen-bond acceptors (Lipinski definition) is 7. The van der Waals surface area contributed by atoms with E-state index in [1.54, 1.807) is 22.9 Å². The highest BCUT2D eigenvalue weighted by Crippen LogP contribution is 2.60. The van der Waals surface area contributed by atoms with Crippen molar-refractivity contribution in [3.8, 4) is 0 Å². The molecule has 2 saturated heterocycles. The summed E-state index contributed by atoms with van der Waals surface area (Å²) in [5, 5.41) is 15.9. The second-order valence-electron chi connectivity index (χ2n) is 12.8. The highest BCUT2D eigenvalue weighted by Gasteiger charge is 2.66. The van der Waals surface area contributed by atoms with Crippen LogP contribution in [-0.4, -0.2) is 78.9 Å². The Morgan fingerprint density at radius 2 is 1.88 bits per heavy atom. The zero-order valence-electron chi connectivity index (χ0n) is 25.2. The number of aliphatic hydroxyl groups is 1. The van der Waals surface area contributed by atoms with Gasteiger partial charge in [-0.2, -0.15) is 5.10 Å². The summed E-state index contributed by atoms with van der Waals surface area (Å²) in [6.07, 6.45) is 1.77. The van der Waals surface area contributed by atoms with E-state index in [0.29, 0.717) is 36.3 Å². The van der Waals surface area contributed by atoms with Crippen LogP contribution in [0.2, 0.25) is 18.6 Å². The molecule has 0 unspecified atom stereocenters. The average molecular weight is 605 g/mol. The standard InChI is InChI=1S/C32H40N4O6Si/c1-20-30(43(3,4)41)27(18-29(39)35-16-8-11-23(35)19-37)42-32(20)24-17-22(12-14-26(24)34(2)31(32)40)36-28(38)15-13-25(33-36)21-9-6-5-7-10-21/h5-7,9-10,12,14,17,20,23,27,30,37,41H,8,11,13,15-16,18-19H2,1-4H3/t20-,23+,27+,30-,32+/m1/s1. The van der Waals surface area contributed by atoms with E-state index in [2.05, 4.69) is 0 Å². The molecular formula is C32H40N4O6Si. The Labute approximate surface area is 253 Å². The van der Waals surface area contributed by atoms with E-state index in [-0.39, 0.29) is 36.8 Å². The van der Waals surface area contributed by atoms with E-state index in [1.165, 1.54) is 5.01 Å². The third-order valence-corrected chi connectivity index (χ3v) is 12.3. The number of likely N-dealkylation sites (N-methyl/N-ethyl adjacent to an activating group) is 1. The van der Waals surface area contributed by atoms with E-state index < -0.39 is 31.5 Å². The Balaban J connectivity index is 1.39. The van der Waals surface area contributed by atoms with Gasteiger partial charge in [0.1, 0.15) is 0 Å². The van der Waals surface area contributed by atoms with Crippen LogP contribution in [0.25, 0.3) is 0 Å².